The van der Waals surface area contributed by atoms with Gasteiger partial charge in [-0.1, -0.05) is 0 Å². The van der Waals surface area contributed by atoms with Crippen molar-refractivity contribution >= 4 is 11.8 Å². The Hall–Kier alpha value is -1.79. The lowest BCUT2D eigenvalue weighted by molar-refractivity contribution is -0.134. The molecule has 0 radical (unpaired) electrons. The van der Waals surface area contributed by atoms with Crippen LogP contribution in [-0.4, -0.2) is 22.9 Å². The number of anilines is 1. The molecule has 0 aromatic carbocycles. The highest BCUT2D eigenvalue weighted by Crippen LogP contribution is 2.22. The Balaban J connectivity index is 2.62. The van der Waals surface area contributed by atoms with Crippen molar-refractivity contribution in [3.63, 3.8) is 0 Å². The van der Waals surface area contributed by atoms with E-state index in [1.54, 1.807) is 20.8 Å². The van der Waals surface area contributed by atoms with E-state index in [0.29, 0.717) is 5.69 Å². The van der Waals surface area contributed by atoms with Crippen molar-refractivity contribution in [2.24, 2.45) is 0 Å². The molecule has 0 aliphatic carbocycles. The minimum absolute atomic E-state index is 0.229. The maximum atomic E-state index is 12.1. The van der Waals surface area contributed by atoms with Crippen molar-refractivity contribution in [3.05, 3.63) is 24.0 Å². The fourth-order valence-corrected chi connectivity index (χ4v) is 1.38. The number of hydrogen-bond donors (Lipinski definition) is 1. The number of nitrogens with zero attached hydrogens (tertiary/aromatic N) is 1. The van der Waals surface area contributed by atoms with Crippen LogP contribution in [0.3, 0.4) is 0 Å². The molecule has 0 spiro atoms. The van der Waals surface area contributed by atoms with Crippen molar-refractivity contribution in [1.82, 2.24) is 4.98 Å². The van der Waals surface area contributed by atoms with Gasteiger partial charge in [0.2, 0.25) is 0 Å². The third-order valence-corrected chi connectivity index (χ3v) is 2.13. The van der Waals surface area contributed by atoms with Crippen LogP contribution < -0.4 is 5.32 Å². The fraction of sp³-hybridized carbons (Fsp3) is 0.538. The minimum atomic E-state index is -4.23. The van der Waals surface area contributed by atoms with Gasteiger partial charge in [-0.05, 0) is 39.3 Å². The maximum absolute atomic E-state index is 12.1. The number of amides is 1. The summed E-state index contributed by atoms with van der Waals surface area (Å²) in [7, 11) is 0. The Kier molecular flexibility index (Phi) is 4.97. The average Bonchev–Trinajstić information content (AvgIpc) is 2.23. The first-order valence-electron chi connectivity index (χ1n) is 6.07. The Morgan fingerprint density at radius 2 is 2.00 bits per heavy atom. The number of pyridine rings is 1. The maximum Gasteiger partial charge on any atom is 0.412 e. The molecule has 1 amide bonds. The van der Waals surface area contributed by atoms with Crippen LogP contribution in [0.25, 0.3) is 0 Å². The van der Waals surface area contributed by atoms with E-state index in [0.717, 1.165) is 0 Å². The van der Waals surface area contributed by atoms with Crippen LogP contribution in [0.5, 0.6) is 0 Å². The highest BCUT2D eigenvalue weighted by molar-refractivity contribution is 5.84. The summed E-state index contributed by atoms with van der Waals surface area (Å²) in [5.74, 6) is 0. The Morgan fingerprint density at radius 1 is 1.35 bits per heavy atom. The van der Waals surface area contributed by atoms with Gasteiger partial charge < -0.3 is 4.74 Å². The van der Waals surface area contributed by atoms with Gasteiger partial charge in [-0.25, -0.2) is 4.79 Å². The predicted molar refractivity (Wildman–Crippen MR) is 68.5 cm³/mol. The van der Waals surface area contributed by atoms with Crippen molar-refractivity contribution in [3.8, 4) is 0 Å². The van der Waals surface area contributed by atoms with Crippen LogP contribution in [0.4, 0.5) is 23.7 Å². The number of aromatic nitrogens is 1. The zero-order chi connectivity index (χ0) is 15.4. The normalized spacial score (nSPS) is 12.1. The van der Waals surface area contributed by atoms with Crippen molar-refractivity contribution in [2.75, 3.05) is 5.32 Å². The number of alkyl halides is 3. The number of rotatable bonds is 3. The van der Waals surface area contributed by atoms with Crippen LogP contribution >= 0.6 is 0 Å². The lowest BCUT2D eigenvalue weighted by atomic mass is 10.2. The number of nitrogens with one attached hydrogen (secondary N) is 1. The van der Waals surface area contributed by atoms with Gasteiger partial charge in [-0.3, -0.25) is 10.3 Å². The van der Waals surface area contributed by atoms with Crippen LogP contribution in [0.1, 0.15) is 32.9 Å². The SMILES string of the molecule is CC(C)(C)OC(=O)Nc1ccnc(CCC(F)(F)F)c1. The second kappa shape index (κ2) is 6.11. The van der Waals surface area contributed by atoms with Gasteiger partial charge in [0.1, 0.15) is 5.60 Å². The lowest BCUT2D eigenvalue weighted by Crippen LogP contribution is -2.27. The summed E-state index contributed by atoms with van der Waals surface area (Å²) in [4.78, 5) is 15.4. The van der Waals surface area contributed by atoms with E-state index < -0.39 is 24.3 Å². The van der Waals surface area contributed by atoms with Crippen LogP contribution in [0, 0.1) is 0 Å². The molecule has 0 saturated heterocycles. The molecule has 20 heavy (non-hydrogen) atoms. The van der Waals surface area contributed by atoms with Crippen molar-refractivity contribution < 1.29 is 22.7 Å². The first kappa shape index (κ1) is 16.3. The molecule has 0 unspecified atom stereocenters. The first-order valence-corrected chi connectivity index (χ1v) is 6.07. The predicted octanol–water partition coefficient (Wildman–Crippen LogP) is 3.92. The summed E-state index contributed by atoms with van der Waals surface area (Å²) in [6.45, 7) is 5.15. The first-order chi connectivity index (χ1) is 9.05. The van der Waals surface area contributed by atoms with Gasteiger partial charge in [0.15, 0.2) is 0 Å². The quantitative estimate of drug-likeness (QED) is 0.917. The monoisotopic (exact) mass is 290 g/mol. The smallest absolute Gasteiger partial charge is 0.412 e. The lowest BCUT2D eigenvalue weighted by Gasteiger charge is -2.19. The molecule has 1 heterocycles. The van der Waals surface area contributed by atoms with Gasteiger partial charge in [-0.15, -0.1) is 0 Å². The van der Waals surface area contributed by atoms with E-state index in [-0.39, 0.29) is 12.1 Å². The Bertz CT molecular complexity index is 467. The molecule has 0 aliphatic heterocycles. The number of aryl methyl sites for hydroxylation is 1. The van der Waals surface area contributed by atoms with Crippen molar-refractivity contribution in [2.45, 2.75) is 45.4 Å². The molecule has 4 nitrogen and oxygen atoms in total. The van der Waals surface area contributed by atoms with E-state index >= 15 is 0 Å². The second-order valence-electron chi connectivity index (χ2n) is 5.28. The van der Waals surface area contributed by atoms with Crippen LogP contribution in [0.15, 0.2) is 18.3 Å². The third-order valence-electron chi connectivity index (χ3n) is 2.13. The van der Waals surface area contributed by atoms with E-state index in [2.05, 4.69) is 10.3 Å². The summed E-state index contributed by atoms with van der Waals surface area (Å²) in [6, 6.07) is 2.89. The molecular weight excluding hydrogens is 273 g/mol. The molecule has 0 fully saturated rings. The third kappa shape index (κ3) is 6.96. The number of ether oxygens (including phenoxy) is 1. The number of hydrogen-bond acceptors (Lipinski definition) is 3. The molecule has 1 rings (SSSR count). The average molecular weight is 290 g/mol. The van der Waals surface area contributed by atoms with E-state index in [1.807, 2.05) is 0 Å². The summed E-state index contributed by atoms with van der Waals surface area (Å²) in [6.07, 6.45) is -4.72. The van der Waals surface area contributed by atoms with Gasteiger partial charge in [0, 0.05) is 24.0 Å². The molecule has 0 bridgehead atoms. The standard InChI is InChI=1S/C13H17F3N2O2/c1-12(2,3)20-11(19)18-10-5-7-17-9(8-10)4-6-13(14,15)16/h5,7-8H,4,6H2,1-3H3,(H,17,18,19). The highest BCUT2D eigenvalue weighted by atomic mass is 19.4. The molecule has 0 saturated carbocycles. The largest absolute Gasteiger partial charge is 0.444 e. The van der Waals surface area contributed by atoms with E-state index in [4.69, 9.17) is 4.74 Å². The molecule has 0 atom stereocenters. The van der Waals surface area contributed by atoms with Crippen LogP contribution in [-0.2, 0) is 11.2 Å². The molecule has 1 aromatic heterocycles. The Morgan fingerprint density at radius 3 is 2.55 bits per heavy atom. The summed E-state index contributed by atoms with van der Waals surface area (Å²) in [5, 5.41) is 2.45. The van der Waals surface area contributed by atoms with Gasteiger partial charge in [-0.2, -0.15) is 13.2 Å². The molecule has 112 valence electrons. The zero-order valence-electron chi connectivity index (χ0n) is 11.5. The summed E-state index contributed by atoms with van der Waals surface area (Å²) in [5.41, 5.74) is -0.0294. The summed E-state index contributed by atoms with van der Waals surface area (Å²) < 4.78 is 41.4. The second-order valence-corrected chi connectivity index (χ2v) is 5.28. The van der Waals surface area contributed by atoms with E-state index in [9.17, 15) is 18.0 Å². The summed E-state index contributed by atoms with van der Waals surface area (Å²) >= 11 is 0. The molecular formula is C13H17F3N2O2. The van der Waals surface area contributed by atoms with Gasteiger partial charge >= 0.3 is 12.3 Å². The molecule has 1 N–H and O–H groups in total. The van der Waals surface area contributed by atoms with E-state index in [1.165, 1.54) is 18.3 Å². The van der Waals surface area contributed by atoms with Crippen LogP contribution in [0.2, 0.25) is 0 Å². The number of halogens is 3. The molecule has 7 heteroatoms. The zero-order valence-corrected chi connectivity index (χ0v) is 11.5. The fourth-order valence-electron chi connectivity index (χ4n) is 1.38. The van der Waals surface area contributed by atoms with Crippen molar-refractivity contribution in [1.29, 1.82) is 0 Å². The molecule has 0 aliphatic rings. The number of carbonyl (C=O) groups is 1. The van der Waals surface area contributed by atoms with Gasteiger partial charge in [0.25, 0.3) is 0 Å². The minimum Gasteiger partial charge on any atom is -0.444 e. The topological polar surface area (TPSA) is 51.2 Å². The highest BCUT2D eigenvalue weighted by Gasteiger charge is 2.26. The number of carbonyl (C=O) groups excluding carboxylic acids is 1. The van der Waals surface area contributed by atoms with Gasteiger partial charge in [0.05, 0.1) is 0 Å². The molecule has 1 aromatic rings. The Labute approximate surface area is 115 Å².